The predicted molar refractivity (Wildman–Crippen MR) is 48.2 cm³/mol. The molecule has 0 aliphatic carbocycles. The van der Waals surface area contributed by atoms with Crippen LogP contribution in [0.25, 0.3) is 0 Å². The quantitative estimate of drug-likeness (QED) is 0.683. The second-order valence-corrected chi connectivity index (χ2v) is 3.22. The maximum atomic E-state index is 5.81. The van der Waals surface area contributed by atoms with E-state index in [0.717, 1.165) is 24.3 Å². The topological polar surface area (TPSA) is 35.2 Å². The zero-order valence-corrected chi connectivity index (χ0v) is 7.21. The molecule has 1 aromatic carbocycles. The van der Waals surface area contributed by atoms with Gasteiger partial charge in [0.25, 0.3) is 0 Å². The van der Waals surface area contributed by atoms with Crippen LogP contribution in [0.4, 0.5) is 0 Å². The van der Waals surface area contributed by atoms with Gasteiger partial charge in [-0.25, -0.2) is 0 Å². The molecule has 2 rings (SSSR count). The van der Waals surface area contributed by atoms with Crippen LogP contribution in [-0.2, 0) is 6.42 Å². The number of nitrogens with two attached hydrogens (primary N) is 1. The molecule has 2 N–H and O–H groups in total. The van der Waals surface area contributed by atoms with Gasteiger partial charge in [-0.2, -0.15) is 0 Å². The first-order valence-corrected chi connectivity index (χ1v) is 4.29. The summed E-state index contributed by atoms with van der Waals surface area (Å²) < 4.78 is 5.51. The molecule has 12 heavy (non-hydrogen) atoms. The van der Waals surface area contributed by atoms with Gasteiger partial charge in [0.1, 0.15) is 5.75 Å². The molecular weight excluding hydrogens is 150 g/mol. The highest BCUT2D eigenvalue weighted by Crippen LogP contribution is 2.32. The van der Waals surface area contributed by atoms with Crippen molar-refractivity contribution < 1.29 is 4.74 Å². The van der Waals surface area contributed by atoms with Gasteiger partial charge in [-0.15, -0.1) is 0 Å². The lowest BCUT2D eigenvalue weighted by Crippen LogP contribution is -2.06. The number of fused-ring (bicyclic) bond motifs is 1. The van der Waals surface area contributed by atoms with Crippen molar-refractivity contribution >= 4 is 0 Å². The SMILES string of the molecule is CC(N)c1cccc2c1OCC2. The third kappa shape index (κ3) is 1.08. The van der Waals surface area contributed by atoms with Crippen molar-refractivity contribution in [2.24, 2.45) is 5.73 Å². The van der Waals surface area contributed by atoms with Crippen LogP contribution in [0.1, 0.15) is 24.1 Å². The third-order valence-electron chi connectivity index (χ3n) is 2.24. The minimum Gasteiger partial charge on any atom is -0.493 e. The first-order valence-electron chi connectivity index (χ1n) is 4.29. The van der Waals surface area contributed by atoms with Crippen molar-refractivity contribution in [3.63, 3.8) is 0 Å². The highest BCUT2D eigenvalue weighted by molar-refractivity contribution is 5.45. The largest absolute Gasteiger partial charge is 0.493 e. The summed E-state index contributed by atoms with van der Waals surface area (Å²) in [7, 11) is 0. The van der Waals surface area contributed by atoms with Crippen molar-refractivity contribution in [2.75, 3.05) is 6.61 Å². The molecule has 0 saturated carbocycles. The fraction of sp³-hybridized carbons (Fsp3) is 0.400. The Bertz CT molecular complexity index is 294. The molecule has 0 fully saturated rings. The standard InChI is InChI=1S/C10H13NO/c1-7(11)9-4-2-3-8-5-6-12-10(8)9/h2-4,7H,5-6,11H2,1H3. The number of rotatable bonds is 1. The summed E-state index contributed by atoms with van der Waals surface area (Å²) in [5.74, 6) is 1.02. The Morgan fingerprint density at radius 1 is 1.50 bits per heavy atom. The first-order chi connectivity index (χ1) is 5.79. The van der Waals surface area contributed by atoms with Gasteiger partial charge in [0.05, 0.1) is 6.61 Å². The van der Waals surface area contributed by atoms with E-state index in [9.17, 15) is 0 Å². The van der Waals surface area contributed by atoms with Crippen LogP contribution in [0, 0.1) is 0 Å². The van der Waals surface area contributed by atoms with E-state index < -0.39 is 0 Å². The van der Waals surface area contributed by atoms with Gasteiger partial charge < -0.3 is 10.5 Å². The van der Waals surface area contributed by atoms with E-state index in [1.54, 1.807) is 0 Å². The van der Waals surface area contributed by atoms with E-state index in [4.69, 9.17) is 10.5 Å². The second-order valence-electron chi connectivity index (χ2n) is 3.22. The molecule has 1 heterocycles. The number of hydrogen-bond donors (Lipinski definition) is 1. The molecule has 1 aliphatic heterocycles. The van der Waals surface area contributed by atoms with Crippen molar-refractivity contribution in [3.05, 3.63) is 29.3 Å². The number of hydrogen-bond acceptors (Lipinski definition) is 2. The van der Waals surface area contributed by atoms with Crippen molar-refractivity contribution in [1.82, 2.24) is 0 Å². The highest BCUT2D eigenvalue weighted by Gasteiger charge is 2.17. The molecule has 0 radical (unpaired) electrons. The molecule has 2 heteroatoms. The Balaban J connectivity index is 2.49. The Hall–Kier alpha value is -1.02. The molecule has 0 aromatic heterocycles. The Morgan fingerprint density at radius 3 is 3.08 bits per heavy atom. The lowest BCUT2D eigenvalue weighted by atomic mass is 10.0. The normalized spacial score (nSPS) is 16.8. The van der Waals surface area contributed by atoms with Crippen LogP contribution in [0.15, 0.2) is 18.2 Å². The zero-order chi connectivity index (χ0) is 8.55. The molecule has 64 valence electrons. The summed E-state index contributed by atoms with van der Waals surface area (Å²) in [5, 5.41) is 0. The summed E-state index contributed by atoms with van der Waals surface area (Å²) in [6.07, 6.45) is 1.02. The molecule has 1 unspecified atom stereocenters. The molecule has 1 aliphatic rings. The fourth-order valence-electron chi connectivity index (χ4n) is 1.60. The Morgan fingerprint density at radius 2 is 2.33 bits per heavy atom. The molecule has 0 bridgehead atoms. The average Bonchev–Trinajstić information content (AvgIpc) is 2.49. The molecular formula is C10H13NO. The van der Waals surface area contributed by atoms with Gasteiger partial charge in [-0.05, 0) is 12.5 Å². The average molecular weight is 163 g/mol. The van der Waals surface area contributed by atoms with Gasteiger partial charge >= 0.3 is 0 Å². The summed E-state index contributed by atoms with van der Waals surface area (Å²) >= 11 is 0. The monoisotopic (exact) mass is 163 g/mol. The van der Waals surface area contributed by atoms with Crippen molar-refractivity contribution in [2.45, 2.75) is 19.4 Å². The van der Waals surface area contributed by atoms with Gasteiger partial charge in [-0.1, -0.05) is 18.2 Å². The fourth-order valence-corrected chi connectivity index (χ4v) is 1.60. The van der Waals surface area contributed by atoms with Crippen LogP contribution < -0.4 is 10.5 Å². The molecule has 2 nitrogen and oxygen atoms in total. The highest BCUT2D eigenvalue weighted by atomic mass is 16.5. The summed E-state index contributed by atoms with van der Waals surface area (Å²) in [6.45, 7) is 2.79. The summed E-state index contributed by atoms with van der Waals surface area (Å²) in [6, 6.07) is 6.26. The van der Waals surface area contributed by atoms with Gasteiger partial charge in [0.2, 0.25) is 0 Å². The maximum absolute atomic E-state index is 5.81. The Kier molecular flexibility index (Phi) is 1.77. The predicted octanol–water partition coefficient (Wildman–Crippen LogP) is 1.64. The first kappa shape index (κ1) is 7.62. The number of benzene rings is 1. The second kappa shape index (κ2) is 2.79. The summed E-state index contributed by atoms with van der Waals surface area (Å²) in [5.41, 5.74) is 8.23. The maximum Gasteiger partial charge on any atom is 0.127 e. The minimum absolute atomic E-state index is 0.0676. The number of para-hydroxylation sites is 1. The van der Waals surface area contributed by atoms with Crippen LogP contribution >= 0.6 is 0 Å². The molecule has 1 aromatic rings. The van der Waals surface area contributed by atoms with Gasteiger partial charge in [-0.3, -0.25) is 0 Å². The Labute approximate surface area is 72.3 Å². The van der Waals surface area contributed by atoms with E-state index in [0.29, 0.717) is 0 Å². The van der Waals surface area contributed by atoms with Crippen LogP contribution in [-0.4, -0.2) is 6.61 Å². The van der Waals surface area contributed by atoms with Gasteiger partial charge in [0, 0.05) is 18.0 Å². The molecule has 0 saturated heterocycles. The molecule has 1 atom stereocenters. The van der Waals surface area contributed by atoms with Crippen molar-refractivity contribution in [1.29, 1.82) is 0 Å². The molecule has 0 amide bonds. The van der Waals surface area contributed by atoms with Gasteiger partial charge in [0.15, 0.2) is 0 Å². The summed E-state index contributed by atoms with van der Waals surface area (Å²) in [4.78, 5) is 0. The van der Waals surface area contributed by atoms with E-state index in [1.165, 1.54) is 5.56 Å². The third-order valence-corrected chi connectivity index (χ3v) is 2.24. The van der Waals surface area contributed by atoms with E-state index in [2.05, 4.69) is 6.07 Å². The minimum atomic E-state index is 0.0676. The van der Waals surface area contributed by atoms with Crippen molar-refractivity contribution in [3.8, 4) is 5.75 Å². The molecule has 0 spiro atoms. The zero-order valence-electron chi connectivity index (χ0n) is 7.21. The lowest BCUT2D eigenvalue weighted by Gasteiger charge is -2.10. The van der Waals surface area contributed by atoms with Crippen LogP contribution in [0.3, 0.4) is 0 Å². The number of ether oxygens (including phenoxy) is 1. The van der Waals surface area contributed by atoms with E-state index in [-0.39, 0.29) is 6.04 Å². The lowest BCUT2D eigenvalue weighted by molar-refractivity contribution is 0.352. The smallest absolute Gasteiger partial charge is 0.127 e. The van der Waals surface area contributed by atoms with Crippen LogP contribution in [0.2, 0.25) is 0 Å². The van der Waals surface area contributed by atoms with E-state index in [1.807, 2.05) is 19.1 Å². The van der Waals surface area contributed by atoms with E-state index >= 15 is 0 Å². The van der Waals surface area contributed by atoms with Crippen LogP contribution in [0.5, 0.6) is 5.75 Å².